The lowest BCUT2D eigenvalue weighted by Gasteiger charge is -2.15. The molecule has 2 aromatic rings. The van der Waals surface area contributed by atoms with Gasteiger partial charge in [-0.05, 0) is 58.4 Å². The number of carbonyl (C=O) groups excluding carboxylic acids is 2. The predicted molar refractivity (Wildman–Crippen MR) is 102 cm³/mol. The molecule has 2 aromatic carbocycles. The molecule has 1 heterocycles. The Bertz CT molecular complexity index is 818. The number of para-hydroxylation sites is 1. The minimum Gasteiger partial charge on any atom is -0.366 e. The number of nitrogens with zero attached hydrogens (tertiary/aromatic N) is 1. The summed E-state index contributed by atoms with van der Waals surface area (Å²) < 4.78 is 0.882. The maximum atomic E-state index is 12.5. The molecule has 0 bridgehead atoms. The molecule has 4 nitrogen and oxygen atoms in total. The Balaban J connectivity index is 1.72. The second-order valence-corrected chi connectivity index (χ2v) is 7.18. The molecule has 0 aromatic heterocycles. The van der Waals surface area contributed by atoms with Crippen molar-refractivity contribution in [2.45, 2.75) is 6.92 Å². The molecule has 0 aliphatic carbocycles. The number of rotatable bonds is 4. The van der Waals surface area contributed by atoms with Gasteiger partial charge in [-0.2, -0.15) is 0 Å². The molecule has 0 atom stereocenters. The predicted octanol–water partition coefficient (Wildman–Crippen LogP) is 4.86. The third kappa shape index (κ3) is 3.71. The Morgan fingerprint density at radius 2 is 1.83 bits per heavy atom. The van der Waals surface area contributed by atoms with Gasteiger partial charge in [0, 0.05) is 10.2 Å². The Labute approximate surface area is 153 Å². The molecule has 122 valence electrons. The van der Waals surface area contributed by atoms with E-state index in [2.05, 4.69) is 21.2 Å². The lowest BCUT2D eigenvalue weighted by atomic mass is 10.1. The fraction of sp³-hybridized carbons (Fsp3) is 0.111. The molecule has 3 rings (SSSR count). The number of halogens is 1. The molecule has 0 saturated carbocycles. The number of hydrogen-bond donors (Lipinski definition) is 1. The van der Waals surface area contributed by atoms with Gasteiger partial charge in [0.15, 0.2) is 0 Å². The van der Waals surface area contributed by atoms with Crippen molar-refractivity contribution in [3.05, 3.63) is 69.0 Å². The molecule has 1 fully saturated rings. The number of amides is 2. The first-order chi connectivity index (χ1) is 11.5. The van der Waals surface area contributed by atoms with Crippen molar-refractivity contribution >= 4 is 50.6 Å². The van der Waals surface area contributed by atoms with Crippen LogP contribution >= 0.6 is 27.7 Å². The van der Waals surface area contributed by atoms with Crippen LogP contribution in [0.3, 0.4) is 0 Å². The van der Waals surface area contributed by atoms with Crippen LogP contribution in [0.25, 0.3) is 6.08 Å². The van der Waals surface area contributed by atoms with Crippen LogP contribution in [0.15, 0.2) is 57.9 Å². The quantitative estimate of drug-likeness (QED) is 0.741. The molecule has 0 unspecified atom stereocenters. The van der Waals surface area contributed by atoms with Gasteiger partial charge in [-0.15, -0.1) is 0 Å². The number of benzene rings is 2. The number of imide groups is 1. The molecule has 0 radical (unpaired) electrons. The van der Waals surface area contributed by atoms with Crippen molar-refractivity contribution in [1.29, 1.82) is 0 Å². The van der Waals surface area contributed by atoms with E-state index in [4.69, 9.17) is 0 Å². The Hall–Kier alpha value is -2.05. The van der Waals surface area contributed by atoms with Crippen molar-refractivity contribution in [2.75, 3.05) is 12.0 Å². The first-order valence-electron chi connectivity index (χ1n) is 7.35. The zero-order chi connectivity index (χ0) is 17.1. The number of nitrogens with one attached hydrogen (secondary N) is 1. The summed E-state index contributed by atoms with van der Waals surface area (Å²) in [5.74, 6) is -0.273. The topological polar surface area (TPSA) is 49.4 Å². The summed E-state index contributed by atoms with van der Waals surface area (Å²) in [7, 11) is 0. The van der Waals surface area contributed by atoms with Crippen LogP contribution in [0, 0.1) is 6.92 Å². The largest absolute Gasteiger partial charge is 0.366 e. The molecular formula is C18H15BrN2O2S. The molecule has 2 amide bonds. The zero-order valence-electron chi connectivity index (χ0n) is 13.0. The third-order valence-corrected chi connectivity index (χ3v) is 5.15. The van der Waals surface area contributed by atoms with Gasteiger partial charge in [-0.3, -0.25) is 14.5 Å². The SMILES string of the molecule is Cc1ccc(C=C2SC(=O)N(CNc3ccccc3Br)C2=O)cc1. The summed E-state index contributed by atoms with van der Waals surface area (Å²) in [6.45, 7) is 2.14. The monoisotopic (exact) mass is 402 g/mol. The lowest BCUT2D eigenvalue weighted by molar-refractivity contribution is -0.122. The highest BCUT2D eigenvalue weighted by Gasteiger charge is 2.34. The molecule has 1 saturated heterocycles. The molecule has 24 heavy (non-hydrogen) atoms. The number of carbonyl (C=O) groups is 2. The van der Waals surface area contributed by atoms with E-state index in [0.29, 0.717) is 4.91 Å². The highest BCUT2D eigenvalue weighted by Crippen LogP contribution is 2.32. The molecule has 1 N–H and O–H groups in total. The van der Waals surface area contributed by atoms with E-state index >= 15 is 0 Å². The minimum atomic E-state index is -0.273. The number of hydrogen-bond acceptors (Lipinski definition) is 4. The minimum absolute atomic E-state index is 0.137. The van der Waals surface area contributed by atoms with Gasteiger partial charge in [0.05, 0.1) is 11.6 Å². The van der Waals surface area contributed by atoms with E-state index in [9.17, 15) is 9.59 Å². The van der Waals surface area contributed by atoms with Crippen LogP contribution in [0.4, 0.5) is 10.5 Å². The van der Waals surface area contributed by atoms with E-state index < -0.39 is 0 Å². The third-order valence-electron chi connectivity index (χ3n) is 3.55. The van der Waals surface area contributed by atoms with Gasteiger partial charge in [-0.1, -0.05) is 42.0 Å². The van der Waals surface area contributed by atoms with Crippen molar-refractivity contribution in [2.24, 2.45) is 0 Å². The maximum absolute atomic E-state index is 12.5. The highest BCUT2D eigenvalue weighted by atomic mass is 79.9. The van der Waals surface area contributed by atoms with E-state index in [-0.39, 0.29) is 17.8 Å². The van der Waals surface area contributed by atoms with E-state index in [1.165, 1.54) is 4.90 Å². The van der Waals surface area contributed by atoms with Gasteiger partial charge in [0.1, 0.15) is 0 Å². The van der Waals surface area contributed by atoms with E-state index in [0.717, 1.165) is 33.0 Å². The fourth-order valence-corrected chi connectivity index (χ4v) is 3.48. The van der Waals surface area contributed by atoms with Gasteiger partial charge < -0.3 is 5.32 Å². The number of thioether (sulfide) groups is 1. The van der Waals surface area contributed by atoms with E-state index in [1.54, 1.807) is 6.08 Å². The van der Waals surface area contributed by atoms with E-state index in [1.807, 2.05) is 55.5 Å². The maximum Gasteiger partial charge on any atom is 0.295 e. The van der Waals surface area contributed by atoms with Crippen LogP contribution in [-0.2, 0) is 4.79 Å². The first kappa shape index (κ1) is 16.8. The van der Waals surface area contributed by atoms with Gasteiger partial charge in [0.2, 0.25) is 0 Å². The van der Waals surface area contributed by atoms with Crippen LogP contribution < -0.4 is 5.32 Å². The van der Waals surface area contributed by atoms with Crippen molar-refractivity contribution in [3.8, 4) is 0 Å². The van der Waals surface area contributed by atoms with Gasteiger partial charge in [-0.25, -0.2) is 0 Å². The second kappa shape index (κ2) is 7.23. The second-order valence-electron chi connectivity index (χ2n) is 5.34. The average Bonchev–Trinajstić information content (AvgIpc) is 2.83. The average molecular weight is 403 g/mol. The molecule has 6 heteroatoms. The fourth-order valence-electron chi connectivity index (χ4n) is 2.22. The smallest absolute Gasteiger partial charge is 0.295 e. The highest BCUT2D eigenvalue weighted by molar-refractivity contribution is 9.10. The van der Waals surface area contributed by atoms with Gasteiger partial charge >= 0.3 is 0 Å². The first-order valence-corrected chi connectivity index (χ1v) is 8.96. The molecule has 1 aliphatic rings. The van der Waals surface area contributed by atoms with Crippen molar-refractivity contribution in [1.82, 2.24) is 4.90 Å². The molecule has 0 spiro atoms. The summed E-state index contributed by atoms with van der Waals surface area (Å²) in [6, 6.07) is 15.4. The standard InChI is InChI=1S/C18H15BrN2O2S/c1-12-6-8-13(9-7-12)10-16-17(22)21(18(23)24-16)11-20-15-5-3-2-4-14(15)19/h2-10,20H,11H2,1H3. The van der Waals surface area contributed by atoms with Crippen LogP contribution in [-0.4, -0.2) is 22.7 Å². The molecule has 1 aliphatic heterocycles. The summed E-state index contributed by atoms with van der Waals surface area (Å²) in [5.41, 5.74) is 2.89. The summed E-state index contributed by atoms with van der Waals surface area (Å²) in [6.07, 6.45) is 1.75. The Kier molecular flexibility index (Phi) is 5.06. The van der Waals surface area contributed by atoms with Crippen LogP contribution in [0.2, 0.25) is 0 Å². The Morgan fingerprint density at radius 3 is 2.54 bits per heavy atom. The zero-order valence-corrected chi connectivity index (χ0v) is 15.4. The lowest BCUT2D eigenvalue weighted by Crippen LogP contribution is -2.33. The van der Waals surface area contributed by atoms with Crippen molar-refractivity contribution in [3.63, 3.8) is 0 Å². The normalized spacial score (nSPS) is 16.1. The van der Waals surface area contributed by atoms with Crippen molar-refractivity contribution < 1.29 is 9.59 Å². The van der Waals surface area contributed by atoms with Crippen LogP contribution in [0.1, 0.15) is 11.1 Å². The summed E-state index contributed by atoms with van der Waals surface area (Å²) in [5, 5.41) is 2.84. The number of anilines is 1. The number of aryl methyl sites for hydroxylation is 1. The van der Waals surface area contributed by atoms with Crippen LogP contribution in [0.5, 0.6) is 0 Å². The Morgan fingerprint density at radius 1 is 1.12 bits per heavy atom. The summed E-state index contributed by atoms with van der Waals surface area (Å²) >= 11 is 4.40. The summed E-state index contributed by atoms with van der Waals surface area (Å²) in [4.78, 5) is 26.2. The van der Waals surface area contributed by atoms with Gasteiger partial charge in [0.25, 0.3) is 11.1 Å². The molecular weight excluding hydrogens is 388 g/mol.